The van der Waals surface area contributed by atoms with Gasteiger partial charge < -0.3 is 15.2 Å². The topological polar surface area (TPSA) is 75.6 Å². The zero-order chi connectivity index (χ0) is 15.3. The minimum Gasteiger partial charge on any atom is -0.493 e. The van der Waals surface area contributed by atoms with Gasteiger partial charge in [0.25, 0.3) is 0 Å². The molecule has 1 amide bonds. The lowest BCUT2D eigenvalue weighted by Crippen LogP contribution is -2.17. The zero-order valence-corrected chi connectivity index (χ0v) is 13.4. The van der Waals surface area contributed by atoms with E-state index in [1.54, 1.807) is 19.1 Å². The number of methoxy groups -OCH3 is 1. The molecule has 0 saturated heterocycles. The molecule has 0 radical (unpaired) electrons. The first-order valence-corrected chi connectivity index (χ1v) is 7.05. The Hall–Kier alpha value is -1.27. The maximum atomic E-state index is 11.9. The van der Waals surface area contributed by atoms with Crippen LogP contribution in [0.3, 0.4) is 0 Å². The van der Waals surface area contributed by atoms with Crippen LogP contribution in [-0.4, -0.2) is 24.1 Å². The summed E-state index contributed by atoms with van der Waals surface area (Å²) in [4.78, 5) is 22.4. The van der Waals surface area contributed by atoms with Gasteiger partial charge in [-0.25, -0.2) is 0 Å². The van der Waals surface area contributed by atoms with E-state index in [1.807, 2.05) is 0 Å². The van der Waals surface area contributed by atoms with E-state index < -0.39 is 5.97 Å². The Bertz CT molecular complexity index is 521. The molecule has 0 fully saturated rings. The summed E-state index contributed by atoms with van der Waals surface area (Å²) < 4.78 is 5.81. The van der Waals surface area contributed by atoms with Crippen LogP contribution in [0.15, 0.2) is 16.6 Å². The Morgan fingerprint density at radius 2 is 2.10 bits per heavy atom. The van der Waals surface area contributed by atoms with Gasteiger partial charge >= 0.3 is 5.97 Å². The molecule has 0 saturated carbocycles. The molecule has 0 aliphatic carbocycles. The highest BCUT2D eigenvalue weighted by atomic mass is 79.9. The summed E-state index contributed by atoms with van der Waals surface area (Å²) in [5, 5.41) is 11.8. The number of carboxylic acids is 1. The van der Waals surface area contributed by atoms with Gasteiger partial charge in [-0.3, -0.25) is 9.59 Å². The number of aliphatic carboxylic acids is 1. The molecular weight excluding hydrogens is 350 g/mol. The highest BCUT2D eigenvalue weighted by Gasteiger charge is 2.16. The Morgan fingerprint density at radius 3 is 2.65 bits per heavy atom. The van der Waals surface area contributed by atoms with Crippen LogP contribution in [0.4, 0.5) is 5.69 Å². The number of hydrogen-bond donors (Lipinski definition) is 2. The van der Waals surface area contributed by atoms with Crippen LogP contribution in [0.25, 0.3) is 0 Å². The number of halogens is 2. The Morgan fingerprint density at radius 1 is 1.45 bits per heavy atom. The van der Waals surface area contributed by atoms with Crippen molar-refractivity contribution in [3.8, 4) is 5.75 Å². The number of hydrogen-bond acceptors (Lipinski definition) is 3. The van der Waals surface area contributed by atoms with Crippen molar-refractivity contribution in [2.75, 3.05) is 12.4 Å². The van der Waals surface area contributed by atoms with E-state index in [0.717, 1.165) is 0 Å². The van der Waals surface area contributed by atoms with E-state index in [4.69, 9.17) is 21.4 Å². The predicted molar refractivity (Wildman–Crippen MR) is 80.4 cm³/mol. The largest absolute Gasteiger partial charge is 0.493 e. The van der Waals surface area contributed by atoms with Gasteiger partial charge in [-0.05, 0) is 34.0 Å². The van der Waals surface area contributed by atoms with E-state index in [1.165, 1.54) is 7.11 Å². The van der Waals surface area contributed by atoms with Crippen molar-refractivity contribution in [1.82, 2.24) is 0 Å². The summed E-state index contributed by atoms with van der Waals surface area (Å²) in [6, 6.07) is 3.23. The summed E-state index contributed by atoms with van der Waals surface area (Å²) in [6.45, 7) is 1.71. The van der Waals surface area contributed by atoms with Crippen LogP contribution in [-0.2, 0) is 9.59 Å². The molecule has 1 atom stereocenters. The monoisotopic (exact) mass is 363 g/mol. The molecule has 0 heterocycles. The summed E-state index contributed by atoms with van der Waals surface area (Å²) in [7, 11) is 1.48. The van der Waals surface area contributed by atoms with Gasteiger partial charge in [-0.15, -0.1) is 0 Å². The fourth-order valence-corrected chi connectivity index (χ4v) is 2.72. The molecule has 1 rings (SSSR count). The van der Waals surface area contributed by atoms with Crippen molar-refractivity contribution in [1.29, 1.82) is 0 Å². The number of rotatable bonds is 6. The molecule has 20 heavy (non-hydrogen) atoms. The van der Waals surface area contributed by atoms with E-state index in [0.29, 0.717) is 20.9 Å². The average Bonchev–Trinajstić information content (AvgIpc) is 2.26. The molecular formula is C13H15BrClNO4. The van der Waals surface area contributed by atoms with Crippen molar-refractivity contribution in [2.24, 2.45) is 5.92 Å². The number of carboxylic acid groups (broad SMARTS) is 1. The second kappa shape index (κ2) is 7.50. The van der Waals surface area contributed by atoms with Crippen LogP contribution < -0.4 is 10.1 Å². The summed E-state index contributed by atoms with van der Waals surface area (Å²) in [6.07, 6.45) is 0.0589. The normalized spacial score (nSPS) is 11.8. The third-order valence-electron chi connectivity index (χ3n) is 2.54. The summed E-state index contributed by atoms with van der Waals surface area (Å²) in [5.74, 6) is -0.991. The van der Waals surface area contributed by atoms with E-state index in [9.17, 15) is 9.59 Å². The van der Waals surface area contributed by atoms with Crippen LogP contribution in [0.5, 0.6) is 5.75 Å². The minimum absolute atomic E-state index is 0.0518. The molecule has 110 valence electrons. The molecule has 2 N–H and O–H groups in total. The molecule has 5 nitrogen and oxygen atoms in total. The maximum Gasteiger partial charge on any atom is 0.303 e. The number of nitrogens with one attached hydrogen (secondary N) is 1. The lowest BCUT2D eigenvalue weighted by molar-refractivity contribution is -0.138. The van der Waals surface area contributed by atoms with Crippen molar-refractivity contribution in [3.05, 3.63) is 21.6 Å². The molecule has 7 heteroatoms. The quantitative estimate of drug-likeness (QED) is 0.809. The molecule has 0 aromatic heterocycles. The summed E-state index contributed by atoms with van der Waals surface area (Å²) in [5.41, 5.74) is 0.444. The van der Waals surface area contributed by atoms with E-state index >= 15 is 0 Å². The first kappa shape index (κ1) is 16.8. The fourth-order valence-electron chi connectivity index (χ4n) is 1.75. The molecule has 1 unspecified atom stereocenters. The number of anilines is 1. The van der Waals surface area contributed by atoms with E-state index in [2.05, 4.69) is 21.2 Å². The highest BCUT2D eigenvalue weighted by Crippen LogP contribution is 2.36. The van der Waals surface area contributed by atoms with E-state index in [-0.39, 0.29) is 24.7 Å². The van der Waals surface area contributed by atoms with Crippen molar-refractivity contribution < 1.29 is 19.4 Å². The van der Waals surface area contributed by atoms with Crippen molar-refractivity contribution in [3.63, 3.8) is 0 Å². The third kappa shape index (κ3) is 5.02. The number of benzene rings is 1. The van der Waals surface area contributed by atoms with Gasteiger partial charge in [0.05, 0.1) is 17.3 Å². The molecule has 1 aromatic carbocycles. The minimum atomic E-state index is -0.923. The molecule has 1 aromatic rings. The second-order valence-electron chi connectivity index (χ2n) is 4.42. The second-order valence-corrected chi connectivity index (χ2v) is 5.71. The fraction of sp³-hybridized carbons (Fsp3) is 0.385. The Labute approximate surface area is 130 Å². The molecule has 0 aliphatic rings. The summed E-state index contributed by atoms with van der Waals surface area (Å²) >= 11 is 9.22. The smallest absolute Gasteiger partial charge is 0.303 e. The van der Waals surface area contributed by atoms with Crippen LogP contribution in [0, 0.1) is 5.92 Å². The van der Waals surface area contributed by atoms with Crippen molar-refractivity contribution >= 4 is 45.1 Å². The average molecular weight is 365 g/mol. The van der Waals surface area contributed by atoms with Crippen LogP contribution >= 0.6 is 27.5 Å². The highest BCUT2D eigenvalue weighted by molar-refractivity contribution is 9.10. The zero-order valence-electron chi connectivity index (χ0n) is 11.1. The molecule has 0 spiro atoms. The predicted octanol–water partition coefficient (Wildman–Crippen LogP) is 3.55. The van der Waals surface area contributed by atoms with Gasteiger partial charge in [0, 0.05) is 17.9 Å². The van der Waals surface area contributed by atoms with Gasteiger partial charge in [-0.2, -0.15) is 0 Å². The maximum absolute atomic E-state index is 11.9. The number of amides is 1. The van der Waals surface area contributed by atoms with Gasteiger partial charge in [-0.1, -0.05) is 18.5 Å². The van der Waals surface area contributed by atoms with Gasteiger partial charge in [0.1, 0.15) is 0 Å². The first-order valence-electron chi connectivity index (χ1n) is 5.88. The van der Waals surface area contributed by atoms with Gasteiger partial charge in [0.15, 0.2) is 5.75 Å². The molecule has 0 aliphatic heterocycles. The Kier molecular flexibility index (Phi) is 6.29. The Balaban J connectivity index is 2.78. The lowest BCUT2D eigenvalue weighted by atomic mass is 10.0. The number of carbonyl (C=O) groups is 2. The number of ether oxygens (including phenoxy) is 1. The number of carbonyl (C=O) groups excluding carboxylic acids is 1. The van der Waals surface area contributed by atoms with Crippen molar-refractivity contribution in [2.45, 2.75) is 19.8 Å². The third-order valence-corrected chi connectivity index (χ3v) is 3.35. The van der Waals surface area contributed by atoms with Crippen LogP contribution in [0.1, 0.15) is 19.8 Å². The SMILES string of the molecule is COc1c(Br)cc(Cl)cc1NC(=O)CC(C)CC(=O)O. The first-order chi connectivity index (χ1) is 9.33. The van der Waals surface area contributed by atoms with Crippen LogP contribution in [0.2, 0.25) is 5.02 Å². The lowest BCUT2D eigenvalue weighted by Gasteiger charge is -2.14. The molecule has 0 bridgehead atoms. The van der Waals surface area contributed by atoms with Gasteiger partial charge in [0.2, 0.25) is 5.91 Å². The standard InChI is InChI=1S/C13H15BrClNO4/c1-7(4-12(18)19)3-11(17)16-10-6-8(15)5-9(14)13(10)20-2/h5-7H,3-4H2,1-2H3,(H,16,17)(H,18,19).